The Morgan fingerprint density at radius 2 is 1.71 bits per heavy atom. The minimum absolute atomic E-state index is 0.0781. The van der Waals surface area contributed by atoms with Gasteiger partial charge in [0.2, 0.25) is 0 Å². The fraction of sp³-hybridized carbons (Fsp3) is 0.357. The summed E-state index contributed by atoms with van der Waals surface area (Å²) in [4.78, 5) is 33.4. The molecule has 1 N–H and O–H groups in total. The highest BCUT2D eigenvalue weighted by atomic mass is 16.5. The normalized spacial score (nSPS) is 11.0. The van der Waals surface area contributed by atoms with Gasteiger partial charge in [0, 0.05) is 16.5 Å². The van der Waals surface area contributed by atoms with Crippen molar-refractivity contribution in [1.82, 2.24) is 0 Å². The molecule has 114 valence electrons. The Morgan fingerprint density at radius 3 is 2.19 bits per heavy atom. The van der Waals surface area contributed by atoms with Crippen LogP contribution >= 0.6 is 0 Å². The molecule has 1 aromatic carbocycles. The van der Waals surface area contributed by atoms with Crippen molar-refractivity contribution in [3.63, 3.8) is 0 Å². The number of carboxylic acid groups (broad SMARTS) is 2. The molecule has 0 spiro atoms. The number of aromatic carboxylic acids is 2. The van der Waals surface area contributed by atoms with Crippen molar-refractivity contribution in [2.45, 2.75) is 13.8 Å². The number of aliphatic hydroxyl groups excluding tert-OH is 1. The van der Waals surface area contributed by atoms with Crippen LogP contribution in [0.15, 0.2) is 18.2 Å². The van der Waals surface area contributed by atoms with Crippen LogP contribution in [0.2, 0.25) is 0 Å². The highest BCUT2D eigenvalue weighted by Gasteiger charge is 2.20. The average Bonchev–Trinajstić information content (AvgIpc) is 2.44. The molecule has 0 saturated carbocycles. The lowest BCUT2D eigenvalue weighted by Gasteiger charge is -2.21. The van der Waals surface area contributed by atoms with E-state index in [0.29, 0.717) is 0 Å². The predicted molar refractivity (Wildman–Crippen MR) is 66.3 cm³/mol. The van der Waals surface area contributed by atoms with E-state index in [9.17, 15) is 24.6 Å². The molecule has 0 amide bonds. The highest BCUT2D eigenvalue weighted by molar-refractivity contribution is 6.02. The largest absolute Gasteiger partial charge is 0.545 e. The zero-order valence-corrected chi connectivity index (χ0v) is 11.5. The van der Waals surface area contributed by atoms with Gasteiger partial charge in [-0.05, 0) is 12.1 Å². The van der Waals surface area contributed by atoms with Crippen molar-refractivity contribution in [3.05, 3.63) is 34.9 Å². The van der Waals surface area contributed by atoms with Crippen molar-refractivity contribution < 1.29 is 34.4 Å². The monoisotopic (exact) mass is 294 g/mol. The summed E-state index contributed by atoms with van der Waals surface area (Å²) in [6.07, 6.45) is 0. The van der Waals surface area contributed by atoms with Crippen LogP contribution in [0, 0.1) is 5.41 Å². The van der Waals surface area contributed by atoms with Gasteiger partial charge in [0.05, 0.1) is 30.7 Å². The van der Waals surface area contributed by atoms with E-state index in [-0.39, 0.29) is 18.8 Å². The molecule has 0 bridgehead atoms. The zero-order chi connectivity index (χ0) is 16.2. The molecule has 21 heavy (non-hydrogen) atoms. The number of hydrogen-bond donors (Lipinski definition) is 1. The van der Waals surface area contributed by atoms with Gasteiger partial charge in [-0.1, -0.05) is 19.9 Å². The fourth-order valence-electron chi connectivity index (χ4n) is 1.41. The van der Waals surface area contributed by atoms with Crippen molar-refractivity contribution in [1.29, 1.82) is 0 Å². The number of aliphatic hydroxyl groups is 1. The molecule has 7 heteroatoms. The Morgan fingerprint density at radius 1 is 1.14 bits per heavy atom. The number of carbonyl (C=O) groups excluding carboxylic acids is 3. The maximum Gasteiger partial charge on any atom is 0.338 e. The third kappa shape index (κ3) is 4.28. The number of carbonyl (C=O) groups is 3. The molecule has 0 aliphatic rings. The summed E-state index contributed by atoms with van der Waals surface area (Å²) >= 11 is 0. The van der Waals surface area contributed by atoms with Gasteiger partial charge < -0.3 is 29.6 Å². The van der Waals surface area contributed by atoms with Crippen LogP contribution < -0.4 is 10.2 Å². The molecular weight excluding hydrogens is 280 g/mol. The first-order valence-electron chi connectivity index (χ1n) is 6.02. The molecule has 0 atom stereocenters. The van der Waals surface area contributed by atoms with E-state index in [2.05, 4.69) is 0 Å². The van der Waals surface area contributed by atoms with Crippen LogP contribution in [0.4, 0.5) is 0 Å². The van der Waals surface area contributed by atoms with E-state index < -0.39 is 34.4 Å². The smallest absolute Gasteiger partial charge is 0.338 e. The van der Waals surface area contributed by atoms with Gasteiger partial charge in [-0.3, -0.25) is 0 Å². The maximum absolute atomic E-state index is 11.8. The number of ether oxygens (including phenoxy) is 1. The lowest BCUT2D eigenvalue weighted by atomic mass is 9.96. The molecule has 0 aromatic heterocycles. The molecule has 7 nitrogen and oxygen atoms in total. The minimum atomic E-state index is -1.74. The van der Waals surface area contributed by atoms with E-state index in [0.717, 1.165) is 18.2 Å². The molecule has 0 aliphatic heterocycles. The number of rotatable bonds is 6. The van der Waals surface area contributed by atoms with Crippen molar-refractivity contribution in [3.8, 4) is 0 Å². The summed E-state index contributed by atoms with van der Waals surface area (Å²) in [5.74, 6) is -4.25. The maximum atomic E-state index is 11.8. The Balaban J connectivity index is 2.99. The standard InChI is InChI=1S/C14H16O7/c1-14(2,6-15)7-21-13(20)8-3-4-9(11(16)17)10(5-8)12(18)19/h3-5,15H,6-7H2,1-2H3,(H,16,17)(H,18,19)/p-2. The summed E-state index contributed by atoms with van der Waals surface area (Å²) < 4.78 is 4.94. The molecule has 0 fully saturated rings. The molecule has 0 saturated heterocycles. The van der Waals surface area contributed by atoms with Gasteiger partial charge in [0.15, 0.2) is 0 Å². The van der Waals surface area contributed by atoms with Crippen LogP contribution in [0.3, 0.4) is 0 Å². The van der Waals surface area contributed by atoms with Gasteiger partial charge in [-0.2, -0.15) is 0 Å². The van der Waals surface area contributed by atoms with E-state index in [1.54, 1.807) is 13.8 Å². The molecule has 0 unspecified atom stereocenters. The van der Waals surface area contributed by atoms with Gasteiger partial charge >= 0.3 is 5.97 Å². The summed E-state index contributed by atoms with van der Waals surface area (Å²) in [7, 11) is 0. The summed E-state index contributed by atoms with van der Waals surface area (Å²) in [6, 6.07) is 2.91. The van der Waals surface area contributed by atoms with Crippen molar-refractivity contribution in [2.75, 3.05) is 13.2 Å². The van der Waals surface area contributed by atoms with Crippen LogP contribution in [-0.2, 0) is 4.74 Å². The van der Waals surface area contributed by atoms with E-state index in [1.165, 1.54) is 0 Å². The van der Waals surface area contributed by atoms with Crippen LogP contribution in [0.25, 0.3) is 0 Å². The molecule has 1 rings (SSSR count). The molecular formula is C14H14O7-2. The first kappa shape index (κ1) is 16.6. The van der Waals surface area contributed by atoms with Gasteiger partial charge in [0.1, 0.15) is 0 Å². The second kappa shape index (κ2) is 6.36. The second-order valence-corrected chi connectivity index (χ2v) is 5.23. The molecule has 0 aliphatic carbocycles. The van der Waals surface area contributed by atoms with E-state index >= 15 is 0 Å². The second-order valence-electron chi connectivity index (χ2n) is 5.23. The number of carboxylic acids is 2. The van der Waals surface area contributed by atoms with E-state index in [4.69, 9.17) is 9.84 Å². The third-order valence-electron chi connectivity index (χ3n) is 2.72. The molecule has 1 aromatic rings. The third-order valence-corrected chi connectivity index (χ3v) is 2.72. The minimum Gasteiger partial charge on any atom is -0.545 e. The zero-order valence-electron chi connectivity index (χ0n) is 11.5. The fourth-order valence-corrected chi connectivity index (χ4v) is 1.41. The van der Waals surface area contributed by atoms with Crippen LogP contribution in [-0.4, -0.2) is 36.2 Å². The summed E-state index contributed by atoms with van der Waals surface area (Å²) in [6.45, 7) is 3.07. The summed E-state index contributed by atoms with van der Waals surface area (Å²) in [5, 5.41) is 30.7. The Kier molecular flexibility index (Phi) is 5.04. The van der Waals surface area contributed by atoms with E-state index in [1.807, 2.05) is 0 Å². The molecule has 0 radical (unpaired) electrons. The topological polar surface area (TPSA) is 127 Å². The Bertz CT molecular complexity index is 575. The van der Waals surface area contributed by atoms with Gasteiger partial charge in [-0.15, -0.1) is 0 Å². The van der Waals surface area contributed by atoms with Gasteiger partial charge in [0.25, 0.3) is 0 Å². The predicted octanol–water partition coefficient (Wildman–Crippen LogP) is -1.41. The van der Waals surface area contributed by atoms with Crippen molar-refractivity contribution in [2.24, 2.45) is 5.41 Å². The van der Waals surface area contributed by atoms with Gasteiger partial charge in [-0.25, -0.2) is 4.79 Å². The quantitative estimate of drug-likeness (QED) is 0.638. The number of esters is 1. The lowest BCUT2D eigenvalue weighted by molar-refractivity contribution is -0.259. The first-order chi connectivity index (χ1) is 9.68. The first-order valence-corrected chi connectivity index (χ1v) is 6.02. The highest BCUT2D eigenvalue weighted by Crippen LogP contribution is 2.16. The Labute approximate surface area is 120 Å². The average molecular weight is 294 g/mol. The van der Waals surface area contributed by atoms with Crippen molar-refractivity contribution >= 4 is 17.9 Å². The lowest BCUT2D eigenvalue weighted by Crippen LogP contribution is -2.30. The summed E-state index contributed by atoms with van der Waals surface area (Å²) in [5.41, 5.74) is -2.02. The van der Waals surface area contributed by atoms with Crippen LogP contribution in [0.1, 0.15) is 44.9 Å². The molecule has 0 heterocycles. The number of benzene rings is 1. The Hall–Kier alpha value is -2.41. The SMILES string of the molecule is CC(C)(CO)COC(=O)c1ccc(C(=O)[O-])c(C(=O)[O-])c1. The number of hydrogen-bond acceptors (Lipinski definition) is 7. The van der Waals surface area contributed by atoms with Crippen LogP contribution in [0.5, 0.6) is 0 Å².